The average molecular weight is 447 g/mol. The molecular formula is C25H30N6O2. The summed E-state index contributed by atoms with van der Waals surface area (Å²) in [5.41, 5.74) is 7.84. The number of nitrogens with zero attached hydrogens (tertiary/aromatic N) is 5. The van der Waals surface area contributed by atoms with Crippen molar-refractivity contribution in [2.45, 2.75) is 47.5 Å². The van der Waals surface area contributed by atoms with Crippen LogP contribution in [-0.2, 0) is 18.3 Å². The van der Waals surface area contributed by atoms with Crippen LogP contribution < -0.4 is 10.1 Å². The summed E-state index contributed by atoms with van der Waals surface area (Å²) < 4.78 is 8.95. The number of ether oxygens (including phenoxy) is 1. The minimum absolute atomic E-state index is 0.0717. The van der Waals surface area contributed by atoms with Crippen LogP contribution in [0.2, 0.25) is 0 Å². The summed E-state index contributed by atoms with van der Waals surface area (Å²) in [7, 11) is 3.46. The van der Waals surface area contributed by atoms with Crippen molar-refractivity contribution in [1.82, 2.24) is 24.5 Å². The third-order valence-electron chi connectivity index (χ3n) is 5.87. The van der Waals surface area contributed by atoms with Crippen LogP contribution in [0.3, 0.4) is 0 Å². The molecule has 8 heteroatoms. The Kier molecular flexibility index (Phi) is 5.93. The Morgan fingerprint density at radius 2 is 1.73 bits per heavy atom. The molecule has 3 aromatic heterocycles. The second-order valence-corrected chi connectivity index (χ2v) is 8.61. The first-order chi connectivity index (χ1) is 15.7. The maximum absolute atomic E-state index is 12.9. The molecule has 0 radical (unpaired) electrons. The monoisotopic (exact) mass is 446 g/mol. The zero-order valence-corrected chi connectivity index (χ0v) is 20.3. The number of carbonyl (C=O) groups is 1. The van der Waals surface area contributed by atoms with Crippen LogP contribution in [0.5, 0.6) is 5.88 Å². The van der Waals surface area contributed by atoms with Crippen LogP contribution in [0, 0.1) is 34.6 Å². The van der Waals surface area contributed by atoms with Gasteiger partial charge in [0.25, 0.3) is 0 Å². The number of carbonyl (C=O) groups excluding carboxylic acids is 1. The van der Waals surface area contributed by atoms with Crippen molar-refractivity contribution in [3.8, 4) is 11.6 Å². The second kappa shape index (κ2) is 8.69. The van der Waals surface area contributed by atoms with E-state index in [1.54, 1.807) is 16.5 Å². The smallest absolute Gasteiger partial charge is 0.242 e. The van der Waals surface area contributed by atoms with Crippen molar-refractivity contribution >= 4 is 22.8 Å². The molecule has 4 rings (SSSR count). The molecule has 0 unspecified atom stereocenters. The van der Waals surface area contributed by atoms with Crippen LogP contribution in [0.25, 0.3) is 16.7 Å². The number of pyridine rings is 1. The lowest BCUT2D eigenvalue weighted by Gasteiger charge is -2.13. The summed E-state index contributed by atoms with van der Waals surface area (Å²) in [6.07, 6.45) is 0.898. The summed E-state index contributed by atoms with van der Waals surface area (Å²) in [5.74, 6) is 1.15. The lowest BCUT2D eigenvalue weighted by Crippen LogP contribution is -2.16. The van der Waals surface area contributed by atoms with E-state index in [-0.39, 0.29) is 5.91 Å². The standard InChI is InChI=1S/C25H30N6O2/c1-14-10-15(2)12-19(11-14)31-21(13-16(3)28-31)27-22(32)9-8-20-17(4)23-24(26-18(20)5)30(6)29-25(23)33-7/h10-13H,8-9H2,1-7H3,(H,27,32). The number of rotatable bonds is 6. The first-order valence-electron chi connectivity index (χ1n) is 11.0. The van der Waals surface area contributed by atoms with Gasteiger partial charge in [-0.05, 0) is 75.4 Å². The molecule has 1 aromatic carbocycles. The van der Waals surface area contributed by atoms with Gasteiger partial charge in [0.1, 0.15) is 5.82 Å². The predicted octanol–water partition coefficient (Wildman–Crippen LogP) is 4.28. The zero-order valence-electron chi connectivity index (χ0n) is 20.3. The summed E-state index contributed by atoms with van der Waals surface area (Å²) in [5, 5.41) is 12.9. The molecule has 0 aliphatic carbocycles. The number of benzene rings is 1. The van der Waals surface area contributed by atoms with E-state index in [1.165, 1.54) is 0 Å². The quantitative estimate of drug-likeness (QED) is 0.478. The molecule has 0 bridgehead atoms. The van der Waals surface area contributed by atoms with Gasteiger partial charge in [-0.25, -0.2) is 14.3 Å². The van der Waals surface area contributed by atoms with Crippen molar-refractivity contribution in [3.05, 3.63) is 57.9 Å². The van der Waals surface area contributed by atoms with E-state index in [9.17, 15) is 4.79 Å². The van der Waals surface area contributed by atoms with Gasteiger partial charge in [-0.1, -0.05) is 6.07 Å². The van der Waals surface area contributed by atoms with Crippen molar-refractivity contribution in [2.75, 3.05) is 12.4 Å². The Balaban J connectivity index is 1.56. The van der Waals surface area contributed by atoms with Crippen LogP contribution in [0.4, 0.5) is 5.82 Å². The molecule has 172 valence electrons. The zero-order chi connectivity index (χ0) is 23.9. The van der Waals surface area contributed by atoms with Crippen LogP contribution in [-0.4, -0.2) is 37.6 Å². The number of fused-ring (bicyclic) bond motifs is 1. The average Bonchev–Trinajstić information content (AvgIpc) is 3.26. The Morgan fingerprint density at radius 3 is 2.39 bits per heavy atom. The van der Waals surface area contributed by atoms with E-state index >= 15 is 0 Å². The van der Waals surface area contributed by atoms with Gasteiger partial charge in [-0.3, -0.25) is 4.79 Å². The summed E-state index contributed by atoms with van der Waals surface area (Å²) in [6.45, 7) is 10.0. The minimum atomic E-state index is -0.0717. The highest BCUT2D eigenvalue weighted by Crippen LogP contribution is 2.30. The third kappa shape index (κ3) is 4.33. The molecule has 8 nitrogen and oxygen atoms in total. The largest absolute Gasteiger partial charge is 0.479 e. The van der Waals surface area contributed by atoms with E-state index in [0.717, 1.165) is 50.4 Å². The molecule has 0 atom stereocenters. The van der Waals surface area contributed by atoms with Crippen LogP contribution >= 0.6 is 0 Å². The van der Waals surface area contributed by atoms with Gasteiger partial charge in [0.15, 0.2) is 5.65 Å². The summed E-state index contributed by atoms with van der Waals surface area (Å²) >= 11 is 0. The van der Waals surface area contributed by atoms with Crippen LogP contribution in [0.15, 0.2) is 24.3 Å². The maximum Gasteiger partial charge on any atom is 0.242 e. The SMILES string of the molecule is COc1nn(C)c2nc(C)c(CCC(=O)Nc3cc(C)nn3-c3cc(C)cc(C)c3)c(C)c12. The normalized spacial score (nSPS) is 11.2. The molecule has 4 aromatic rings. The number of aromatic nitrogens is 5. The maximum atomic E-state index is 12.9. The van der Waals surface area contributed by atoms with E-state index in [2.05, 4.69) is 47.6 Å². The number of hydrogen-bond donors (Lipinski definition) is 1. The molecular weight excluding hydrogens is 416 g/mol. The Bertz CT molecular complexity index is 1350. The molecule has 0 aliphatic rings. The Hall–Kier alpha value is -3.68. The highest BCUT2D eigenvalue weighted by atomic mass is 16.5. The summed E-state index contributed by atoms with van der Waals surface area (Å²) in [6, 6.07) is 8.12. The predicted molar refractivity (Wildman–Crippen MR) is 129 cm³/mol. The van der Waals surface area contributed by atoms with E-state index in [1.807, 2.05) is 33.9 Å². The van der Waals surface area contributed by atoms with E-state index in [4.69, 9.17) is 9.72 Å². The van der Waals surface area contributed by atoms with E-state index < -0.39 is 0 Å². The number of nitrogens with one attached hydrogen (secondary N) is 1. The minimum Gasteiger partial charge on any atom is -0.479 e. The van der Waals surface area contributed by atoms with E-state index in [0.29, 0.717) is 24.5 Å². The van der Waals surface area contributed by atoms with Gasteiger partial charge in [-0.15, -0.1) is 5.10 Å². The van der Waals surface area contributed by atoms with Gasteiger partial charge in [0, 0.05) is 25.2 Å². The first kappa shape index (κ1) is 22.5. The molecule has 0 saturated carbocycles. The molecule has 0 aliphatic heterocycles. The lowest BCUT2D eigenvalue weighted by molar-refractivity contribution is -0.116. The molecule has 1 amide bonds. The van der Waals surface area contributed by atoms with Crippen molar-refractivity contribution in [2.24, 2.45) is 7.05 Å². The van der Waals surface area contributed by atoms with Crippen molar-refractivity contribution < 1.29 is 9.53 Å². The topological polar surface area (TPSA) is 86.9 Å². The molecule has 0 fully saturated rings. The Labute approximate surface area is 193 Å². The molecule has 0 saturated heterocycles. The van der Waals surface area contributed by atoms with Crippen LogP contribution in [0.1, 0.15) is 40.1 Å². The number of methoxy groups -OCH3 is 1. The van der Waals surface area contributed by atoms with Gasteiger partial charge in [-0.2, -0.15) is 5.10 Å². The first-order valence-corrected chi connectivity index (χ1v) is 11.0. The molecule has 3 heterocycles. The fraction of sp³-hybridized carbons (Fsp3) is 0.360. The number of amides is 1. The highest BCUT2D eigenvalue weighted by Gasteiger charge is 2.19. The van der Waals surface area contributed by atoms with Crippen molar-refractivity contribution in [1.29, 1.82) is 0 Å². The van der Waals surface area contributed by atoms with Gasteiger partial charge in [0.05, 0.1) is 23.9 Å². The third-order valence-corrected chi connectivity index (χ3v) is 5.87. The molecule has 1 N–H and O–H groups in total. The number of hydrogen-bond acceptors (Lipinski definition) is 5. The van der Waals surface area contributed by atoms with Gasteiger partial charge in [0.2, 0.25) is 11.8 Å². The Morgan fingerprint density at radius 1 is 1.03 bits per heavy atom. The molecule has 33 heavy (non-hydrogen) atoms. The van der Waals surface area contributed by atoms with Gasteiger partial charge >= 0.3 is 0 Å². The summed E-state index contributed by atoms with van der Waals surface area (Å²) in [4.78, 5) is 17.6. The van der Waals surface area contributed by atoms with Crippen molar-refractivity contribution in [3.63, 3.8) is 0 Å². The number of aryl methyl sites for hydroxylation is 6. The molecule has 0 spiro atoms. The second-order valence-electron chi connectivity index (χ2n) is 8.61. The highest BCUT2D eigenvalue weighted by molar-refractivity contribution is 5.91. The fourth-order valence-electron chi connectivity index (χ4n) is 4.41. The lowest BCUT2D eigenvalue weighted by atomic mass is 10.00. The fourth-order valence-corrected chi connectivity index (χ4v) is 4.41. The van der Waals surface area contributed by atoms with Gasteiger partial charge < -0.3 is 10.1 Å². The number of anilines is 1.